The van der Waals surface area contributed by atoms with Crippen LogP contribution in [0.25, 0.3) is 0 Å². The summed E-state index contributed by atoms with van der Waals surface area (Å²) in [6.45, 7) is 4.00. The first-order valence-corrected chi connectivity index (χ1v) is 8.07. The summed E-state index contributed by atoms with van der Waals surface area (Å²) in [6, 6.07) is 15.1. The molecule has 1 heterocycles. The molecule has 3 rings (SSSR count). The number of aryl methyl sites for hydroxylation is 2. The average Bonchev–Trinajstić information content (AvgIpc) is 2.87. The minimum atomic E-state index is 0.225. The van der Waals surface area contributed by atoms with Crippen LogP contribution in [0, 0.1) is 13.8 Å². The number of aromatic amines is 1. The molecule has 116 valence electrons. The largest absolute Gasteiger partial charge is 0.507 e. The van der Waals surface area contributed by atoms with Gasteiger partial charge in [-0.1, -0.05) is 36.0 Å². The van der Waals surface area contributed by atoms with Gasteiger partial charge in [0.25, 0.3) is 0 Å². The van der Waals surface area contributed by atoms with Crippen LogP contribution in [-0.2, 0) is 0 Å². The van der Waals surface area contributed by atoms with E-state index in [1.165, 1.54) is 0 Å². The zero-order chi connectivity index (χ0) is 16.2. The molecule has 0 bridgehead atoms. The number of hydrogen-bond donors (Lipinski definition) is 2. The SMILES string of the molecule is Cc1n[nH]c(C)c1Sc1ccccc1N=Cc1ccccc1O. The predicted octanol–water partition coefficient (Wildman–Crippen LogP) is 4.63. The van der Waals surface area contributed by atoms with Gasteiger partial charge in [-0.05, 0) is 38.1 Å². The van der Waals surface area contributed by atoms with E-state index in [9.17, 15) is 5.11 Å². The van der Waals surface area contributed by atoms with Crippen molar-refractivity contribution >= 4 is 23.7 Å². The average molecular weight is 323 g/mol. The first kappa shape index (κ1) is 15.4. The van der Waals surface area contributed by atoms with Crippen molar-refractivity contribution in [2.45, 2.75) is 23.6 Å². The summed E-state index contributed by atoms with van der Waals surface area (Å²) in [7, 11) is 0. The monoisotopic (exact) mass is 323 g/mol. The van der Waals surface area contributed by atoms with Crippen molar-refractivity contribution in [1.29, 1.82) is 0 Å². The molecule has 0 saturated carbocycles. The molecule has 0 unspecified atom stereocenters. The highest BCUT2D eigenvalue weighted by Crippen LogP contribution is 2.37. The van der Waals surface area contributed by atoms with E-state index in [1.807, 2.05) is 50.2 Å². The Kier molecular flexibility index (Phi) is 4.48. The van der Waals surface area contributed by atoms with Crippen molar-refractivity contribution in [2.75, 3.05) is 0 Å². The summed E-state index contributed by atoms with van der Waals surface area (Å²) in [4.78, 5) is 6.71. The number of hydrogen-bond acceptors (Lipinski definition) is 4. The number of para-hydroxylation sites is 2. The topological polar surface area (TPSA) is 61.3 Å². The summed E-state index contributed by atoms with van der Waals surface area (Å²) in [6.07, 6.45) is 1.68. The maximum absolute atomic E-state index is 9.83. The third-order valence-electron chi connectivity index (χ3n) is 3.42. The second-order valence-corrected chi connectivity index (χ2v) is 6.20. The fourth-order valence-corrected chi connectivity index (χ4v) is 3.17. The summed E-state index contributed by atoms with van der Waals surface area (Å²) in [5, 5.41) is 17.1. The van der Waals surface area contributed by atoms with Gasteiger partial charge < -0.3 is 5.11 Å². The number of nitrogens with zero attached hydrogens (tertiary/aromatic N) is 2. The highest BCUT2D eigenvalue weighted by molar-refractivity contribution is 7.99. The Bertz CT molecular complexity index is 835. The van der Waals surface area contributed by atoms with E-state index in [1.54, 1.807) is 30.1 Å². The number of aromatic nitrogens is 2. The van der Waals surface area contributed by atoms with Gasteiger partial charge in [-0.25, -0.2) is 0 Å². The minimum Gasteiger partial charge on any atom is -0.507 e. The van der Waals surface area contributed by atoms with E-state index in [0.29, 0.717) is 5.56 Å². The highest BCUT2D eigenvalue weighted by Gasteiger charge is 2.10. The molecular weight excluding hydrogens is 306 g/mol. The predicted molar refractivity (Wildman–Crippen MR) is 94.0 cm³/mol. The molecule has 2 aromatic carbocycles. The number of phenolic OH excluding ortho intramolecular Hbond substituents is 1. The quantitative estimate of drug-likeness (QED) is 0.688. The van der Waals surface area contributed by atoms with Crippen molar-refractivity contribution in [1.82, 2.24) is 10.2 Å². The fraction of sp³-hybridized carbons (Fsp3) is 0.111. The molecule has 0 radical (unpaired) electrons. The van der Waals surface area contributed by atoms with Crippen LogP contribution in [0.3, 0.4) is 0 Å². The Balaban J connectivity index is 1.91. The van der Waals surface area contributed by atoms with Gasteiger partial charge in [0, 0.05) is 22.4 Å². The molecule has 0 spiro atoms. The van der Waals surface area contributed by atoms with Crippen LogP contribution in [-0.4, -0.2) is 21.5 Å². The molecule has 1 aromatic heterocycles. The lowest BCUT2D eigenvalue weighted by molar-refractivity contribution is 0.474. The Morgan fingerprint density at radius 2 is 1.83 bits per heavy atom. The number of rotatable bonds is 4. The second kappa shape index (κ2) is 6.71. The fourth-order valence-electron chi connectivity index (χ4n) is 2.19. The van der Waals surface area contributed by atoms with Crippen molar-refractivity contribution < 1.29 is 5.11 Å². The molecule has 3 aromatic rings. The maximum atomic E-state index is 9.83. The van der Waals surface area contributed by atoms with E-state index in [-0.39, 0.29) is 5.75 Å². The molecule has 23 heavy (non-hydrogen) atoms. The van der Waals surface area contributed by atoms with Gasteiger partial charge in [-0.3, -0.25) is 10.1 Å². The smallest absolute Gasteiger partial charge is 0.124 e. The summed E-state index contributed by atoms with van der Waals surface area (Å²) >= 11 is 1.64. The molecule has 0 aliphatic rings. The molecule has 0 atom stereocenters. The molecule has 0 aliphatic heterocycles. The number of phenols is 1. The number of benzene rings is 2. The minimum absolute atomic E-state index is 0.225. The van der Waals surface area contributed by atoms with E-state index in [2.05, 4.69) is 15.2 Å². The first-order valence-electron chi connectivity index (χ1n) is 7.25. The van der Waals surface area contributed by atoms with Crippen LogP contribution < -0.4 is 0 Å². The molecule has 0 amide bonds. The molecule has 5 heteroatoms. The second-order valence-electron chi connectivity index (χ2n) is 5.15. The van der Waals surface area contributed by atoms with Crippen molar-refractivity contribution in [2.24, 2.45) is 4.99 Å². The van der Waals surface area contributed by atoms with Crippen LogP contribution in [0.1, 0.15) is 17.0 Å². The standard InChI is InChI=1S/C18H17N3OS/c1-12-18(13(2)21-20-12)23-17-10-6-4-8-15(17)19-11-14-7-3-5-9-16(14)22/h3-11,22H,1-2H3,(H,20,21). The van der Waals surface area contributed by atoms with E-state index >= 15 is 0 Å². The summed E-state index contributed by atoms with van der Waals surface area (Å²) < 4.78 is 0. The van der Waals surface area contributed by atoms with E-state index < -0.39 is 0 Å². The van der Waals surface area contributed by atoms with Gasteiger partial charge >= 0.3 is 0 Å². The van der Waals surface area contributed by atoms with Gasteiger partial charge in [0.05, 0.1) is 16.3 Å². The molecular formula is C18H17N3OS. The van der Waals surface area contributed by atoms with Crippen LogP contribution in [0.2, 0.25) is 0 Å². The van der Waals surface area contributed by atoms with Crippen LogP contribution in [0.5, 0.6) is 5.75 Å². The maximum Gasteiger partial charge on any atom is 0.124 e. The van der Waals surface area contributed by atoms with Crippen molar-refractivity contribution in [3.63, 3.8) is 0 Å². The van der Waals surface area contributed by atoms with Crippen molar-refractivity contribution in [3.8, 4) is 5.75 Å². The van der Waals surface area contributed by atoms with Gasteiger partial charge in [0.1, 0.15) is 5.75 Å². The lowest BCUT2D eigenvalue weighted by Crippen LogP contribution is -1.83. The lowest BCUT2D eigenvalue weighted by Gasteiger charge is -2.05. The number of nitrogens with one attached hydrogen (secondary N) is 1. The zero-order valence-electron chi connectivity index (χ0n) is 12.9. The summed E-state index contributed by atoms with van der Waals surface area (Å²) in [5.74, 6) is 0.225. The number of aromatic hydroxyl groups is 1. The third-order valence-corrected chi connectivity index (χ3v) is 4.79. The molecule has 0 fully saturated rings. The normalized spacial score (nSPS) is 11.2. The molecule has 0 saturated heterocycles. The van der Waals surface area contributed by atoms with E-state index in [4.69, 9.17) is 0 Å². The van der Waals surface area contributed by atoms with Crippen LogP contribution >= 0.6 is 11.8 Å². The first-order chi connectivity index (χ1) is 11.1. The van der Waals surface area contributed by atoms with Crippen molar-refractivity contribution in [3.05, 3.63) is 65.5 Å². The summed E-state index contributed by atoms with van der Waals surface area (Å²) in [5.41, 5.74) is 3.59. The Hall–Kier alpha value is -2.53. The van der Waals surface area contributed by atoms with Gasteiger partial charge in [0.2, 0.25) is 0 Å². The lowest BCUT2D eigenvalue weighted by atomic mass is 10.2. The number of aliphatic imine (C=N–C) groups is 1. The van der Waals surface area contributed by atoms with Gasteiger partial charge in [-0.2, -0.15) is 5.10 Å². The zero-order valence-corrected chi connectivity index (χ0v) is 13.8. The van der Waals surface area contributed by atoms with E-state index in [0.717, 1.165) is 26.9 Å². The molecule has 0 aliphatic carbocycles. The van der Waals surface area contributed by atoms with Gasteiger partial charge in [0.15, 0.2) is 0 Å². The Morgan fingerprint density at radius 1 is 1.09 bits per heavy atom. The third kappa shape index (κ3) is 3.46. The molecule has 2 N–H and O–H groups in total. The Morgan fingerprint density at radius 3 is 2.57 bits per heavy atom. The highest BCUT2D eigenvalue weighted by atomic mass is 32.2. The van der Waals surface area contributed by atoms with Gasteiger partial charge in [-0.15, -0.1) is 0 Å². The number of H-pyrrole nitrogens is 1. The molecule has 4 nitrogen and oxygen atoms in total. The van der Waals surface area contributed by atoms with Crippen LogP contribution in [0.15, 0.2) is 63.3 Å². The Labute approximate surface area is 139 Å². The van der Waals surface area contributed by atoms with Crippen LogP contribution in [0.4, 0.5) is 5.69 Å².